The summed E-state index contributed by atoms with van der Waals surface area (Å²) in [5.41, 5.74) is 10.1. The second-order valence-electron chi connectivity index (χ2n) is 5.61. The van der Waals surface area contributed by atoms with Crippen molar-refractivity contribution in [3.05, 3.63) is 41.4 Å². The maximum absolute atomic E-state index is 11.9. The Morgan fingerprint density at radius 1 is 1.29 bits per heavy atom. The molecule has 0 radical (unpaired) electrons. The van der Waals surface area contributed by atoms with Crippen molar-refractivity contribution in [3.63, 3.8) is 0 Å². The highest BCUT2D eigenvalue weighted by atomic mass is 28.4. The van der Waals surface area contributed by atoms with Gasteiger partial charge in [-0.2, -0.15) is 4.79 Å². The third-order valence-electron chi connectivity index (χ3n) is 2.66. The zero-order chi connectivity index (χ0) is 15.9. The predicted octanol–water partition coefficient (Wildman–Crippen LogP) is 2.68. The monoisotopic (exact) mass is 306 g/mol. The maximum atomic E-state index is 11.9. The van der Waals surface area contributed by atoms with Crippen LogP contribution in [0.4, 0.5) is 0 Å². The number of carbonyl (C=O) groups excluding carboxylic acids is 1. The molecular formula is C15H22N2O3Si. The first-order valence-electron chi connectivity index (χ1n) is 6.98. The lowest BCUT2D eigenvalue weighted by Gasteiger charge is -2.23. The normalized spacial score (nSPS) is 12.4. The van der Waals surface area contributed by atoms with Gasteiger partial charge in [-0.1, -0.05) is 30.3 Å². The molecule has 114 valence electrons. The molecule has 0 saturated heterocycles. The average Bonchev–Trinajstić information content (AvgIpc) is 2.39. The van der Waals surface area contributed by atoms with Gasteiger partial charge in [-0.3, -0.25) is 0 Å². The quantitative estimate of drug-likeness (QED) is 0.256. The third kappa shape index (κ3) is 6.04. The average molecular weight is 306 g/mol. The van der Waals surface area contributed by atoms with E-state index < -0.39 is 20.4 Å². The Morgan fingerprint density at radius 2 is 1.90 bits per heavy atom. The summed E-state index contributed by atoms with van der Waals surface area (Å²) in [7, 11) is -1.92. The van der Waals surface area contributed by atoms with Crippen molar-refractivity contribution in [2.45, 2.75) is 39.1 Å². The zero-order valence-electron chi connectivity index (χ0n) is 13.0. The molecule has 0 aliphatic carbocycles. The van der Waals surface area contributed by atoms with Gasteiger partial charge in [0.15, 0.2) is 14.4 Å². The summed E-state index contributed by atoms with van der Waals surface area (Å²) in [5, 5.41) is 0. The molecule has 1 aromatic rings. The van der Waals surface area contributed by atoms with Gasteiger partial charge in [0.2, 0.25) is 0 Å². The summed E-state index contributed by atoms with van der Waals surface area (Å²) in [6.45, 7) is 7.99. The SMILES string of the molecule is CCOC(=O)C(=[N+]=[N-])C(Cc1ccccc1)O[Si](C)(C)C. The number of benzene rings is 1. The number of carbonyl (C=O) groups is 1. The Balaban J connectivity index is 3.01. The van der Waals surface area contributed by atoms with E-state index in [0.717, 1.165) is 5.56 Å². The van der Waals surface area contributed by atoms with Crippen LogP contribution in [-0.4, -0.2) is 37.5 Å². The number of hydrogen-bond donors (Lipinski definition) is 0. The van der Waals surface area contributed by atoms with Crippen LogP contribution in [0.25, 0.3) is 5.53 Å². The van der Waals surface area contributed by atoms with E-state index in [1.54, 1.807) is 6.92 Å². The molecule has 0 spiro atoms. The smallest absolute Gasteiger partial charge is 0.419 e. The van der Waals surface area contributed by atoms with Gasteiger partial charge in [-0.05, 0) is 32.1 Å². The molecule has 1 unspecified atom stereocenters. The molecule has 0 amide bonds. The second kappa shape index (κ2) is 7.88. The van der Waals surface area contributed by atoms with Crippen LogP contribution in [0.2, 0.25) is 19.6 Å². The van der Waals surface area contributed by atoms with Crippen LogP contribution in [0, 0.1) is 0 Å². The molecule has 0 aliphatic heterocycles. The minimum absolute atomic E-state index is 0.0804. The minimum Gasteiger partial charge on any atom is -0.457 e. The van der Waals surface area contributed by atoms with Crippen LogP contribution >= 0.6 is 0 Å². The third-order valence-corrected chi connectivity index (χ3v) is 3.65. The molecule has 6 heteroatoms. The maximum Gasteiger partial charge on any atom is 0.419 e. The van der Waals surface area contributed by atoms with Crippen molar-refractivity contribution in [2.75, 3.05) is 6.61 Å². The lowest BCUT2D eigenvalue weighted by molar-refractivity contribution is -0.141. The van der Waals surface area contributed by atoms with E-state index in [0.29, 0.717) is 6.42 Å². The summed E-state index contributed by atoms with van der Waals surface area (Å²) in [6, 6.07) is 9.65. The van der Waals surface area contributed by atoms with Crippen LogP contribution in [-0.2, 0) is 20.4 Å². The fourth-order valence-electron chi connectivity index (χ4n) is 1.89. The first-order chi connectivity index (χ1) is 9.87. The molecule has 0 fully saturated rings. The van der Waals surface area contributed by atoms with Crippen molar-refractivity contribution >= 4 is 20.0 Å². The van der Waals surface area contributed by atoms with Crippen LogP contribution in [0.3, 0.4) is 0 Å². The first-order valence-corrected chi connectivity index (χ1v) is 10.4. The molecular weight excluding hydrogens is 284 g/mol. The Hall–Kier alpha value is -1.75. The molecule has 0 N–H and O–H groups in total. The highest BCUT2D eigenvalue weighted by molar-refractivity contribution is 6.70. The molecule has 21 heavy (non-hydrogen) atoms. The van der Waals surface area contributed by atoms with E-state index in [-0.39, 0.29) is 12.3 Å². The standard InChI is InChI=1S/C15H22N2O3Si/c1-5-19-15(18)14(17-16)13(20-21(2,3)4)11-12-9-7-6-8-10-12/h6-10,13H,5,11H2,1-4H3. The summed E-state index contributed by atoms with van der Waals surface area (Å²) < 4.78 is 10.9. The molecule has 0 aliphatic rings. The van der Waals surface area contributed by atoms with E-state index in [1.165, 1.54) is 0 Å². The molecule has 0 aromatic heterocycles. The van der Waals surface area contributed by atoms with Crippen molar-refractivity contribution < 1.29 is 18.7 Å². The minimum atomic E-state index is -1.92. The molecule has 1 aromatic carbocycles. The van der Waals surface area contributed by atoms with Gasteiger partial charge in [0.05, 0.1) is 6.61 Å². The summed E-state index contributed by atoms with van der Waals surface area (Å²) in [4.78, 5) is 15.0. The Labute approximate surface area is 126 Å². The van der Waals surface area contributed by atoms with E-state index in [2.05, 4.69) is 4.79 Å². The Bertz CT molecular complexity index is 519. The fraction of sp³-hybridized carbons (Fsp3) is 0.467. The lowest BCUT2D eigenvalue weighted by Crippen LogP contribution is -2.42. The van der Waals surface area contributed by atoms with E-state index in [4.69, 9.17) is 9.16 Å². The van der Waals surface area contributed by atoms with Crippen molar-refractivity contribution in [3.8, 4) is 0 Å². The van der Waals surface area contributed by atoms with Gasteiger partial charge < -0.3 is 14.7 Å². The highest BCUT2D eigenvalue weighted by Gasteiger charge is 2.36. The van der Waals surface area contributed by atoms with Gasteiger partial charge in [0, 0.05) is 6.42 Å². The van der Waals surface area contributed by atoms with Crippen molar-refractivity contribution in [1.29, 1.82) is 0 Å². The summed E-state index contributed by atoms with van der Waals surface area (Å²) in [5.74, 6) is -0.640. The largest absolute Gasteiger partial charge is 0.457 e. The van der Waals surface area contributed by atoms with Gasteiger partial charge in [-0.25, -0.2) is 4.79 Å². The second-order valence-corrected chi connectivity index (χ2v) is 10.1. The van der Waals surface area contributed by atoms with Crippen molar-refractivity contribution in [2.24, 2.45) is 0 Å². The predicted molar refractivity (Wildman–Crippen MR) is 83.6 cm³/mol. The number of ether oxygens (including phenoxy) is 1. The molecule has 1 rings (SSSR count). The van der Waals surface area contributed by atoms with Crippen LogP contribution in [0.15, 0.2) is 30.3 Å². The molecule has 0 heterocycles. The van der Waals surface area contributed by atoms with Crippen LogP contribution in [0.1, 0.15) is 12.5 Å². The van der Waals surface area contributed by atoms with Gasteiger partial charge >= 0.3 is 11.7 Å². The van der Waals surface area contributed by atoms with Gasteiger partial charge in [0.1, 0.15) is 0 Å². The lowest BCUT2D eigenvalue weighted by atomic mass is 10.0. The molecule has 0 bridgehead atoms. The molecule has 5 nitrogen and oxygen atoms in total. The van der Waals surface area contributed by atoms with E-state index >= 15 is 0 Å². The highest BCUT2D eigenvalue weighted by Crippen LogP contribution is 2.14. The first kappa shape index (κ1) is 17.3. The number of hydrogen-bond acceptors (Lipinski definition) is 3. The Morgan fingerprint density at radius 3 is 2.38 bits per heavy atom. The van der Waals surface area contributed by atoms with E-state index in [1.807, 2.05) is 50.0 Å². The summed E-state index contributed by atoms with van der Waals surface area (Å²) >= 11 is 0. The molecule has 0 saturated carbocycles. The number of nitrogens with zero attached hydrogens (tertiary/aromatic N) is 2. The molecule has 1 atom stereocenters. The van der Waals surface area contributed by atoms with Crippen LogP contribution < -0.4 is 0 Å². The number of esters is 1. The Kier molecular flexibility index (Phi) is 6.49. The van der Waals surface area contributed by atoms with Gasteiger partial charge in [-0.15, -0.1) is 0 Å². The van der Waals surface area contributed by atoms with Crippen molar-refractivity contribution in [1.82, 2.24) is 0 Å². The fourth-order valence-corrected chi connectivity index (χ4v) is 2.94. The van der Waals surface area contributed by atoms with E-state index in [9.17, 15) is 10.3 Å². The summed E-state index contributed by atoms with van der Waals surface area (Å²) in [6.07, 6.45) is -0.147. The topological polar surface area (TPSA) is 71.9 Å². The van der Waals surface area contributed by atoms with Crippen LogP contribution in [0.5, 0.6) is 0 Å². The van der Waals surface area contributed by atoms with Gasteiger partial charge in [0.25, 0.3) is 0 Å². The zero-order valence-corrected chi connectivity index (χ0v) is 14.0. The number of rotatable bonds is 7.